The van der Waals surface area contributed by atoms with Crippen LogP contribution in [0, 0.1) is 0 Å². The van der Waals surface area contributed by atoms with Crippen LogP contribution in [-0.2, 0) is 0 Å². The van der Waals surface area contributed by atoms with Crippen molar-refractivity contribution in [1.29, 1.82) is 0 Å². The Hall–Kier alpha value is -2.23. The van der Waals surface area contributed by atoms with Gasteiger partial charge in [-0.15, -0.1) is 0 Å². The van der Waals surface area contributed by atoms with Gasteiger partial charge in [-0.3, -0.25) is 4.79 Å². The summed E-state index contributed by atoms with van der Waals surface area (Å²) in [5, 5.41) is 0. The van der Waals surface area contributed by atoms with E-state index in [4.69, 9.17) is 4.74 Å². The third-order valence-electron chi connectivity index (χ3n) is 2.79. The molecule has 1 unspecified atom stereocenters. The molecule has 0 bridgehead atoms. The van der Waals surface area contributed by atoms with Crippen LogP contribution in [0.4, 0.5) is 0 Å². The number of methoxy groups -OCH3 is 1. The average molecular weight is 242 g/mol. The third-order valence-corrected chi connectivity index (χ3v) is 2.79. The number of hydrogen-bond acceptors (Lipinski definition) is 4. The van der Waals surface area contributed by atoms with E-state index >= 15 is 0 Å². The Morgan fingerprint density at radius 3 is 2.33 bits per heavy atom. The van der Waals surface area contributed by atoms with Gasteiger partial charge in [0, 0.05) is 18.3 Å². The van der Waals surface area contributed by atoms with Gasteiger partial charge in [-0.05, 0) is 5.56 Å². The van der Waals surface area contributed by atoms with E-state index < -0.39 is 0 Å². The molecule has 0 fully saturated rings. The molecule has 92 valence electrons. The number of carbonyl (C=O) groups excluding carboxylic acids is 1. The first kappa shape index (κ1) is 12.2. The van der Waals surface area contributed by atoms with Crippen molar-refractivity contribution in [3.05, 3.63) is 53.9 Å². The molecule has 2 rings (SSSR count). The highest BCUT2D eigenvalue weighted by Gasteiger charge is 2.17. The van der Waals surface area contributed by atoms with E-state index in [-0.39, 0.29) is 17.7 Å². The van der Waals surface area contributed by atoms with Gasteiger partial charge in [-0.25, -0.2) is 9.97 Å². The number of ether oxygens (including phenoxy) is 1. The lowest BCUT2D eigenvalue weighted by molar-refractivity contribution is 0.0965. The zero-order valence-corrected chi connectivity index (χ0v) is 10.3. The molecule has 4 heteroatoms. The molecule has 4 nitrogen and oxygen atoms in total. The maximum absolute atomic E-state index is 12.2. The van der Waals surface area contributed by atoms with Crippen LogP contribution in [0.3, 0.4) is 0 Å². The maximum Gasteiger partial charge on any atom is 0.316 e. The minimum atomic E-state index is -0.205. The minimum Gasteiger partial charge on any atom is -0.467 e. The molecule has 0 saturated carbocycles. The second kappa shape index (κ2) is 5.40. The van der Waals surface area contributed by atoms with Crippen LogP contribution in [-0.4, -0.2) is 22.9 Å². The smallest absolute Gasteiger partial charge is 0.316 e. The number of rotatable bonds is 4. The predicted molar refractivity (Wildman–Crippen MR) is 67.8 cm³/mol. The summed E-state index contributed by atoms with van der Waals surface area (Å²) in [4.78, 5) is 20.1. The zero-order valence-electron chi connectivity index (χ0n) is 10.3. The summed E-state index contributed by atoms with van der Waals surface area (Å²) < 4.78 is 4.86. The SMILES string of the molecule is COc1ncc(C(=O)C(C)c2ccccc2)cn1. The molecule has 1 aromatic heterocycles. The summed E-state index contributed by atoms with van der Waals surface area (Å²) in [6.45, 7) is 1.88. The van der Waals surface area contributed by atoms with Gasteiger partial charge in [-0.1, -0.05) is 37.3 Å². The summed E-state index contributed by atoms with van der Waals surface area (Å²) in [6, 6.07) is 9.91. The van der Waals surface area contributed by atoms with Crippen molar-refractivity contribution in [3.63, 3.8) is 0 Å². The average Bonchev–Trinajstić information content (AvgIpc) is 2.47. The highest BCUT2D eigenvalue weighted by molar-refractivity contribution is 6.00. The molecule has 0 spiro atoms. The van der Waals surface area contributed by atoms with Crippen molar-refractivity contribution in [3.8, 4) is 6.01 Å². The highest BCUT2D eigenvalue weighted by atomic mass is 16.5. The van der Waals surface area contributed by atoms with Gasteiger partial charge >= 0.3 is 6.01 Å². The number of carbonyl (C=O) groups is 1. The van der Waals surface area contributed by atoms with Gasteiger partial charge in [-0.2, -0.15) is 0 Å². The van der Waals surface area contributed by atoms with Gasteiger partial charge in [0.15, 0.2) is 5.78 Å². The van der Waals surface area contributed by atoms with Crippen LogP contribution in [0.25, 0.3) is 0 Å². The molecular formula is C14H14N2O2. The Morgan fingerprint density at radius 1 is 1.17 bits per heavy atom. The molecule has 0 radical (unpaired) electrons. The molecule has 1 atom stereocenters. The highest BCUT2D eigenvalue weighted by Crippen LogP contribution is 2.19. The molecule has 0 saturated heterocycles. The van der Waals surface area contributed by atoms with E-state index in [2.05, 4.69) is 9.97 Å². The number of ketones is 1. The molecule has 1 aromatic carbocycles. The van der Waals surface area contributed by atoms with E-state index in [1.165, 1.54) is 19.5 Å². The Morgan fingerprint density at radius 2 is 1.78 bits per heavy atom. The minimum absolute atomic E-state index is 0.00357. The van der Waals surface area contributed by atoms with Crippen LogP contribution >= 0.6 is 0 Å². The van der Waals surface area contributed by atoms with Gasteiger partial charge in [0.2, 0.25) is 0 Å². The summed E-state index contributed by atoms with van der Waals surface area (Å²) in [6.07, 6.45) is 2.99. The van der Waals surface area contributed by atoms with Crippen molar-refractivity contribution in [2.75, 3.05) is 7.11 Å². The maximum atomic E-state index is 12.2. The third kappa shape index (κ3) is 2.53. The molecular weight excluding hydrogens is 228 g/mol. The van der Waals surface area contributed by atoms with E-state index in [0.29, 0.717) is 5.56 Å². The first-order valence-corrected chi connectivity index (χ1v) is 5.67. The second-order valence-corrected chi connectivity index (χ2v) is 3.96. The van der Waals surface area contributed by atoms with Gasteiger partial charge < -0.3 is 4.74 Å². The second-order valence-electron chi connectivity index (χ2n) is 3.96. The van der Waals surface area contributed by atoms with Gasteiger partial charge in [0.25, 0.3) is 0 Å². The summed E-state index contributed by atoms with van der Waals surface area (Å²) in [5.74, 6) is -0.202. The lowest BCUT2D eigenvalue weighted by Crippen LogP contribution is -2.10. The summed E-state index contributed by atoms with van der Waals surface area (Å²) in [5.41, 5.74) is 1.48. The molecule has 18 heavy (non-hydrogen) atoms. The van der Waals surface area contributed by atoms with Crippen molar-refractivity contribution in [2.45, 2.75) is 12.8 Å². The monoisotopic (exact) mass is 242 g/mol. The van der Waals surface area contributed by atoms with E-state index in [1.54, 1.807) is 0 Å². The first-order chi connectivity index (χ1) is 8.72. The Bertz CT molecular complexity index is 523. The standard InChI is InChI=1S/C14H14N2O2/c1-10(11-6-4-3-5-7-11)13(17)12-8-15-14(18-2)16-9-12/h3-10H,1-2H3. The molecule has 2 aromatic rings. The van der Waals surface area contributed by atoms with Crippen LogP contribution < -0.4 is 4.74 Å². The van der Waals surface area contributed by atoms with Gasteiger partial charge in [0.1, 0.15) is 0 Å². The quantitative estimate of drug-likeness (QED) is 0.773. The number of hydrogen-bond donors (Lipinski definition) is 0. The number of Topliss-reactive ketones (excluding diaryl/α,β-unsaturated/α-hetero) is 1. The largest absolute Gasteiger partial charge is 0.467 e. The normalized spacial score (nSPS) is 11.9. The summed E-state index contributed by atoms with van der Waals surface area (Å²) >= 11 is 0. The number of nitrogens with zero attached hydrogens (tertiary/aromatic N) is 2. The van der Waals surface area contributed by atoms with Crippen LogP contribution in [0.2, 0.25) is 0 Å². The van der Waals surface area contributed by atoms with Crippen LogP contribution in [0.15, 0.2) is 42.7 Å². The number of benzene rings is 1. The Kier molecular flexibility index (Phi) is 3.67. The van der Waals surface area contributed by atoms with Crippen LogP contribution in [0.5, 0.6) is 6.01 Å². The number of aromatic nitrogens is 2. The molecule has 0 aliphatic rings. The lowest BCUT2D eigenvalue weighted by Gasteiger charge is -2.10. The Labute approximate surface area is 106 Å². The van der Waals surface area contributed by atoms with Crippen molar-refractivity contribution >= 4 is 5.78 Å². The fourth-order valence-corrected chi connectivity index (χ4v) is 1.69. The predicted octanol–water partition coefficient (Wildman–Crippen LogP) is 2.47. The first-order valence-electron chi connectivity index (χ1n) is 5.67. The topological polar surface area (TPSA) is 52.1 Å². The van der Waals surface area contributed by atoms with Gasteiger partial charge in [0.05, 0.1) is 12.7 Å². The molecule has 0 aliphatic carbocycles. The molecule has 0 N–H and O–H groups in total. The van der Waals surface area contributed by atoms with E-state index in [0.717, 1.165) is 5.56 Å². The van der Waals surface area contributed by atoms with E-state index in [9.17, 15) is 4.79 Å². The molecule has 0 aliphatic heterocycles. The molecule has 0 amide bonds. The van der Waals surface area contributed by atoms with Crippen molar-refractivity contribution < 1.29 is 9.53 Å². The van der Waals surface area contributed by atoms with Crippen molar-refractivity contribution in [2.24, 2.45) is 0 Å². The fraction of sp³-hybridized carbons (Fsp3) is 0.214. The lowest BCUT2D eigenvalue weighted by atomic mass is 9.94. The Balaban J connectivity index is 2.20. The van der Waals surface area contributed by atoms with E-state index in [1.807, 2.05) is 37.3 Å². The zero-order chi connectivity index (χ0) is 13.0. The molecule has 1 heterocycles. The van der Waals surface area contributed by atoms with Crippen molar-refractivity contribution in [1.82, 2.24) is 9.97 Å². The van der Waals surface area contributed by atoms with Crippen LogP contribution in [0.1, 0.15) is 28.8 Å². The fourth-order valence-electron chi connectivity index (χ4n) is 1.69. The summed E-state index contributed by atoms with van der Waals surface area (Å²) in [7, 11) is 1.49.